The Balaban J connectivity index is 2.59. The number of primary amides is 1. The van der Waals surface area contributed by atoms with E-state index >= 15 is 0 Å². The van der Waals surface area contributed by atoms with Crippen molar-refractivity contribution in [2.24, 2.45) is 5.73 Å². The van der Waals surface area contributed by atoms with E-state index in [9.17, 15) is 13.2 Å². The SMILES string of the molecule is CNc1ccccc1S(=O)(=O)NCCOCC(N)=O. The molecular weight excluding hydrogens is 270 g/mol. The lowest BCUT2D eigenvalue weighted by molar-refractivity contribution is -0.122. The molecule has 0 fully saturated rings. The molecule has 106 valence electrons. The molecule has 4 N–H and O–H groups in total. The molecule has 1 aromatic carbocycles. The number of hydrogen-bond acceptors (Lipinski definition) is 5. The number of amides is 1. The van der Waals surface area contributed by atoms with Crippen LogP contribution in [-0.4, -0.2) is 41.1 Å². The summed E-state index contributed by atoms with van der Waals surface area (Å²) in [5.41, 5.74) is 5.39. The van der Waals surface area contributed by atoms with Crippen LogP contribution in [0.3, 0.4) is 0 Å². The predicted molar refractivity (Wildman–Crippen MR) is 71.2 cm³/mol. The summed E-state index contributed by atoms with van der Waals surface area (Å²) in [6.45, 7) is -0.0909. The van der Waals surface area contributed by atoms with Gasteiger partial charge in [-0.25, -0.2) is 13.1 Å². The Morgan fingerprint density at radius 3 is 2.68 bits per heavy atom. The number of nitrogens with one attached hydrogen (secondary N) is 2. The zero-order chi connectivity index (χ0) is 14.3. The van der Waals surface area contributed by atoms with Gasteiger partial charge in [-0.05, 0) is 12.1 Å². The van der Waals surface area contributed by atoms with Crippen LogP contribution < -0.4 is 15.8 Å². The van der Waals surface area contributed by atoms with E-state index in [0.29, 0.717) is 5.69 Å². The number of carbonyl (C=O) groups excluding carboxylic acids is 1. The molecule has 0 unspecified atom stereocenters. The number of rotatable bonds is 8. The summed E-state index contributed by atoms with van der Waals surface area (Å²) in [4.78, 5) is 10.6. The molecule has 0 aliphatic carbocycles. The smallest absolute Gasteiger partial charge is 0.243 e. The van der Waals surface area contributed by atoms with E-state index in [0.717, 1.165) is 0 Å². The third kappa shape index (κ3) is 4.86. The minimum atomic E-state index is -3.61. The van der Waals surface area contributed by atoms with Crippen LogP contribution in [0.25, 0.3) is 0 Å². The maximum absolute atomic E-state index is 12.0. The quantitative estimate of drug-likeness (QED) is 0.559. The van der Waals surface area contributed by atoms with Crippen LogP contribution in [0.1, 0.15) is 0 Å². The van der Waals surface area contributed by atoms with E-state index < -0.39 is 15.9 Å². The maximum Gasteiger partial charge on any atom is 0.243 e. The molecule has 0 radical (unpaired) electrons. The second-order valence-corrected chi connectivity index (χ2v) is 5.40. The fraction of sp³-hybridized carbons (Fsp3) is 0.364. The van der Waals surface area contributed by atoms with Gasteiger partial charge in [0.05, 0.1) is 12.3 Å². The lowest BCUT2D eigenvalue weighted by atomic mass is 10.3. The van der Waals surface area contributed by atoms with Crippen molar-refractivity contribution >= 4 is 21.6 Å². The van der Waals surface area contributed by atoms with Crippen LogP contribution in [-0.2, 0) is 19.6 Å². The standard InChI is InChI=1S/C11H17N3O4S/c1-13-9-4-2-3-5-10(9)19(16,17)14-6-7-18-8-11(12)15/h2-5,13-14H,6-8H2,1H3,(H2,12,15). The van der Waals surface area contributed by atoms with Gasteiger partial charge < -0.3 is 15.8 Å². The molecule has 8 heteroatoms. The molecule has 1 aromatic rings. The number of carbonyl (C=O) groups is 1. The number of nitrogens with two attached hydrogens (primary N) is 1. The summed E-state index contributed by atoms with van der Waals surface area (Å²) in [5, 5.41) is 2.81. The zero-order valence-electron chi connectivity index (χ0n) is 10.5. The van der Waals surface area contributed by atoms with Crippen LogP contribution in [0.2, 0.25) is 0 Å². The van der Waals surface area contributed by atoms with Gasteiger partial charge in [-0.2, -0.15) is 0 Å². The second kappa shape index (κ2) is 7.07. The average molecular weight is 287 g/mol. The number of ether oxygens (including phenoxy) is 1. The van der Waals surface area contributed by atoms with Crippen molar-refractivity contribution in [3.05, 3.63) is 24.3 Å². The molecule has 7 nitrogen and oxygen atoms in total. The van der Waals surface area contributed by atoms with Crippen molar-refractivity contribution < 1.29 is 17.9 Å². The first-order chi connectivity index (χ1) is 8.97. The molecule has 0 aliphatic heterocycles. The molecule has 0 atom stereocenters. The Kier molecular flexibility index (Phi) is 5.74. The van der Waals surface area contributed by atoms with Crippen LogP contribution in [0, 0.1) is 0 Å². The minimum absolute atomic E-state index is 0.0632. The highest BCUT2D eigenvalue weighted by molar-refractivity contribution is 7.89. The molecule has 0 aromatic heterocycles. The van der Waals surface area contributed by atoms with Crippen molar-refractivity contribution in [2.75, 3.05) is 32.1 Å². The first-order valence-corrected chi connectivity index (χ1v) is 7.08. The van der Waals surface area contributed by atoms with Crippen molar-refractivity contribution in [1.82, 2.24) is 4.72 Å². The summed E-state index contributed by atoms with van der Waals surface area (Å²) < 4.78 is 31.3. The molecule has 0 aliphatic rings. The van der Waals surface area contributed by atoms with Gasteiger partial charge in [0, 0.05) is 13.6 Å². The van der Waals surface area contributed by atoms with Gasteiger partial charge in [0.25, 0.3) is 0 Å². The van der Waals surface area contributed by atoms with Gasteiger partial charge >= 0.3 is 0 Å². The molecular formula is C11H17N3O4S. The van der Waals surface area contributed by atoms with Crippen molar-refractivity contribution in [3.63, 3.8) is 0 Å². The van der Waals surface area contributed by atoms with E-state index in [-0.39, 0.29) is 24.7 Å². The van der Waals surface area contributed by atoms with Gasteiger partial charge in [0.2, 0.25) is 15.9 Å². The fourth-order valence-electron chi connectivity index (χ4n) is 1.41. The van der Waals surface area contributed by atoms with E-state index in [1.165, 1.54) is 6.07 Å². The predicted octanol–water partition coefficient (Wildman–Crippen LogP) is -0.491. The molecule has 19 heavy (non-hydrogen) atoms. The third-order valence-electron chi connectivity index (χ3n) is 2.23. The van der Waals surface area contributed by atoms with Crippen LogP contribution >= 0.6 is 0 Å². The van der Waals surface area contributed by atoms with E-state index in [1.54, 1.807) is 25.2 Å². The molecule has 1 amide bonds. The third-order valence-corrected chi connectivity index (χ3v) is 3.75. The van der Waals surface area contributed by atoms with E-state index in [4.69, 9.17) is 10.5 Å². The topological polar surface area (TPSA) is 111 Å². The van der Waals surface area contributed by atoms with Crippen molar-refractivity contribution in [1.29, 1.82) is 0 Å². The van der Waals surface area contributed by atoms with Crippen LogP contribution in [0.5, 0.6) is 0 Å². The van der Waals surface area contributed by atoms with Crippen molar-refractivity contribution in [3.8, 4) is 0 Å². The number of anilines is 1. The molecule has 0 spiro atoms. The Morgan fingerprint density at radius 1 is 1.37 bits per heavy atom. The van der Waals surface area contributed by atoms with Gasteiger partial charge in [-0.3, -0.25) is 4.79 Å². The summed E-state index contributed by atoms with van der Waals surface area (Å²) >= 11 is 0. The minimum Gasteiger partial charge on any atom is -0.387 e. The summed E-state index contributed by atoms with van der Waals surface area (Å²) in [7, 11) is -1.97. The molecule has 0 bridgehead atoms. The first kappa shape index (κ1) is 15.4. The van der Waals surface area contributed by atoms with Crippen LogP contribution in [0.15, 0.2) is 29.2 Å². The Bertz CT molecular complexity index is 530. The first-order valence-electron chi connectivity index (χ1n) is 5.60. The summed E-state index contributed by atoms with van der Waals surface area (Å²) in [5.74, 6) is -0.594. The summed E-state index contributed by atoms with van der Waals surface area (Å²) in [6.07, 6.45) is 0. The molecule has 0 saturated carbocycles. The Morgan fingerprint density at radius 2 is 2.05 bits per heavy atom. The second-order valence-electron chi connectivity index (χ2n) is 3.66. The highest BCUT2D eigenvalue weighted by atomic mass is 32.2. The Labute approximate surface area is 112 Å². The van der Waals surface area contributed by atoms with Gasteiger partial charge in [0.1, 0.15) is 11.5 Å². The fourth-order valence-corrected chi connectivity index (χ4v) is 2.63. The van der Waals surface area contributed by atoms with Gasteiger partial charge in [-0.1, -0.05) is 12.1 Å². The highest BCUT2D eigenvalue weighted by Gasteiger charge is 2.16. The largest absolute Gasteiger partial charge is 0.387 e. The van der Waals surface area contributed by atoms with Crippen molar-refractivity contribution in [2.45, 2.75) is 4.90 Å². The molecule has 0 saturated heterocycles. The maximum atomic E-state index is 12.0. The number of para-hydroxylation sites is 1. The van der Waals surface area contributed by atoms with E-state index in [1.807, 2.05) is 0 Å². The number of benzene rings is 1. The van der Waals surface area contributed by atoms with E-state index in [2.05, 4.69) is 10.0 Å². The van der Waals surface area contributed by atoms with Crippen LogP contribution in [0.4, 0.5) is 5.69 Å². The van der Waals surface area contributed by atoms with Gasteiger partial charge in [0.15, 0.2) is 0 Å². The van der Waals surface area contributed by atoms with Gasteiger partial charge in [-0.15, -0.1) is 0 Å². The lowest BCUT2D eigenvalue weighted by Crippen LogP contribution is -2.29. The molecule has 0 heterocycles. The average Bonchev–Trinajstić information content (AvgIpc) is 2.37. The zero-order valence-corrected chi connectivity index (χ0v) is 11.4. The summed E-state index contributed by atoms with van der Waals surface area (Å²) in [6, 6.07) is 6.54. The highest BCUT2D eigenvalue weighted by Crippen LogP contribution is 2.19. The molecule has 1 rings (SSSR count). The monoisotopic (exact) mass is 287 g/mol. The number of sulfonamides is 1. The number of hydrogen-bond donors (Lipinski definition) is 3. The Hall–Kier alpha value is -1.64. The lowest BCUT2D eigenvalue weighted by Gasteiger charge is -2.10. The normalized spacial score (nSPS) is 11.2.